The average Bonchev–Trinajstić information content (AvgIpc) is 2.80. The molecule has 0 saturated heterocycles. The van der Waals surface area contributed by atoms with E-state index in [1.807, 2.05) is 0 Å². The maximum Gasteiger partial charge on any atom is 0.355 e. The number of rotatable bonds is 4. The fourth-order valence-electron chi connectivity index (χ4n) is 2.38. The van der Waals surface area contributed by atoms with Gasteiger partial charge in [0.2, 0.25) is 0 Å². The molecule has 2 rings (SSSR count). The molecule has 0 amide bonds. The van der Waals surface area contributed by atoms with Gasteiger partial charge in [-0.25, -0.2) is 9.59 Å². The molecule has 6 nitrogen and oxygen atoms in total. The maximum absolute atomic E-state index is 12.0. The molecule has 0 radical (unpaired) electrons. The van der Waals surface area contributed by atoms with E-state index in [-0.39, 0.29) is 35.9 Å². The summed E-state index contributed by atoms with van der Waals surface area (Å²) in [5.41, 5.74) is 1.12. The molecule has 0 atom stereocenters. The Balaban J connectivity index is 2.50. The second kappa shape index (κ2) is 5.90. The molecule has 1 heterocycles. The quantitative estimate of drug-likeness (QED) is 0.850. The predicted molar refractivity (Wildman–Crippen MR) is 70.0 cm³/mol. The molecule has 0 aliphatic heterocycles. The van der Waals surface area contributed by atoms with Crippen LogP contribution >= 0.6 is 0 Å². The molecule has 0 bridgehead atoms. The molecule has 108 valence electrons. The Hall–Kier alpha value is -2.11. The number of hydrogen-bond donors (Lipinski definition) is 1. The lowest BCUT2D eigenvalue weighted by Crippen LogP contribution is -2.15. The Morgan fingerprint density at radius 3 is 2.25 bits per heavy atom. The first kappa shape index (κ1) is 14.3. The molecule has 6 heteroatoms. The summed E-state index contributed by atoms with van der Waals surface area (Å²) >= 11 is 0. The van der Waals surface area contributed by atoms with Gasteiger partial charge in [-0.2, -0.15) is 0 Å². The van der Waals surface area contributed by atoms with Gasteiger partial charge in [0.15, 0.2) is 5.78 Å². The molecular formula is C14H17NO5. The molecule has 1 aromatic rings. The lowest BCUT2D eigenvalue weighted by molar-refractivity contribution is 0.0514. The number of carbonyl (C=O) groups excluding carboxylic acids is 3. The molecule has 0 fully saturated rings. The van der Waals surface area contributed by atoms with Gasteiger partial charge in [-0.1, -0.05) is 0 Å². The summed E-state index contributed by atoms with van der Waals surface area (Å²) in [4.78, 5) is 38.5. The lowest BCUT2D eigenvalue weighted by atomic mass is 9.91. The topological polar surface area (TPSA) is 85.5 Å². The predicted octanol–water partition coefficient (Wildman–Crippen LogP) is 1.89. The zero-order valence-electron chi connectivity index (χ0n) is 11.6. The average molecular weight is 279 g/mol. The summed E-state index contributed by atoms with van der Waals surface area (Å²) in [7, 11) is 0. The van der Waals surface area contributed by atoms with Crippen molar-refractivity contribution in [1.29, 1.82) is 0 Å². The van der Waals surface area contributed by atoms with Crippen molar-refractivity contribution in [3.8, 4) is 0 Å². The van der Waals surface area contributed by atoms with Crippen LogP contribution in [0.5, 0.6) is 0 Å². The number of nitrogens with one attached hydrogen (secondary N) is 1. The number of ether oxygens (including phenoxy) is 2. The van der Waals surface area contributed by atoms with Gasteiger partial charge in [0.05, 0.1) is 18.8 Å². The van der Waals surface area contributed by atoms with Crippen molar-refractivity contribution in [3.05, 3.63) is 22.5 Å². The third kappa shape index (κ3) is 2.45. The Morgan fingerprint density at radius 2 is 1.65 bits per heavy atom. The minimum atomic E-state index is -0.616. The summed E-state index contributed by atoms with van der Waals surface area (Å²) in [6, 6.07) is 0. The first-order chi connectivity index (χ1) is 9.60. The fraction of sp³-hybridized carbons (Fsp3) is 0.500. The smallest absolute Gasteiger partial charge is 0.355 e. The summed E-state index contributed by atoms with van der Waals surface area (Å²) in [5, 5.41) is 0. The molecule has 1 aliphatic carbocycles. The maximum atomic E-state index is 12.0. The summed E-state index contributed by atoms with van der Waals surface area (Å²) in [6.07, 6.45) is 1.61. The van der Waals surface area contributed by atoms with Crippen LogP contribution in [-0.4, -0.2) is 35.9 Å². The molecule has 0 unspecified atom stereocenters. The fourth-order valence-corrected chi connectivity index (χ4v) is 2.38. The molecule has 1 N–H and O–H groups in total. The van der Waals surface area contributed by atoms with E-state index in [9.17, 15) is 14.4 Å². The minimum Gasteiger partial charge on any atom is -0.461 e. The van der Waals surface area contributed by atoms with E-state index >= 15 is 0 Å². The lowest BCUT2D eigenvalue weighted by Gasteiger charge is -2.12. The second-order valence-electron chi connectivity index (χ2n) is 4.45. The molecule has 0 aromatic carbocycles. The molecule has 0 spiro atoms. The van der Waals surface area contributed by atoms with Crippen LogP contribution in [0.15, 0.2) is 0 Å². The Labute approximate surface area is 116 Å². The molecule has 0 saturated carbocycles. The van der Waals surface area contributed by atoms with Gasteiger partial charge in [-0.3, -0.25) is 4.79 Å². The van der Waals surface area contributed by atoms with Crippen molar-refractivity contribution in [3.63, 3.8) is 0 Å². The van der Waals surface area contributed by atoms with Crippen molar-refractivity contribution in [2.45, 2.75) is 33.1 Å². The van der Waals surface area contributed by atoms with Crippen LogP contribution in [0.1, 0.15) is 63.6 Å². The highest BCUT2D eigenvalue weighted by atomic mass is 16.5. The number of Topliss-reactive ketones (excluding diaryl/α,β-unsaturated/α-hetero) is 1. The van der Waals surface area contributed by atoms with Crippen LogP contribution in [0.3, 0.4) is 0 Å². The third-order valence-electron chi connectivity index (χ3n) is 3.17. The van der Waals surface area contributed by atoms with E-state index < -0.39 is 11.9 Å². The molecule has 1 aromatic heterocycles. The van der Waals surface area contributed by atoms with Crippen LogP contribution < -0.4 is 0 Å². The van der Waals surface area contributed by atoms with Gasteiger partial charge in [-0.15, -0.1) is 0 Å². The standard InChI is InChI=1S/C14H17NO5/c1-3-19-13(17)11-8-6-5-7-9(16)10(8)12(15-11)14(18)20-4-2/h15H,3-7H2,1-2H3. The van der Waals surface area contributed by atoms with Crippen LogP contribution in [0, 0.1) is 0 Å². The van der Waals surface area contributed by atoms with Crippen molar-refractivity contribution >= 4 is 17.7 Å². The van der Waals surface area contributed by atoms with Crippen LogP contribution in [0.25, 0.3) is 0 Å². The Bertz CT molecular complexity index is 558. The van der Waals surface area contributed by atoms with Gasteiger partial charge < -0.3 is 14.5 Å². The number of aromatic nitrogens is 1. The third-order valence-corrected chi connectivity index (χ3v) is 3.17. The summed E-state index contributed by atoms with van der Waals surface area (Å²) in [5.74, 6) is -1.30. The Morgan fingerprint density at radius 1 is 1.05 bits per heavy atom. The van der Waals surface area contributed by atoms with Crippen LogP contribution in [0.4, 0.5) is 0 Å². The first-order valence-corrected chi connectivity index (χ1v) is 6.72. The van der Waals surface area contributed by atoms with Crippen molar-refractivity contribution < 1.29 is 23.9 Å². The first-order valence-electron chi connectivity index (χ1n) is 6.72. The van der Waals surface area contributed by atoms with Gasteiger partial charge in [0.1, 0.15) is 11.4 Å². The van der Waals surface area contributed by atoms with Crippen molar-refractivity contribution in [1.82, 2.24) is 4.98 Å². The van der Waals surface area contributed by atoms with Crippen LogP contribution in [0.2, 0.25) is 0 Å². The van der Waals surface area contributed by atoms with Crippen molar-refractivity contribution in [2.75, 3.05) is 13.2 Å². The zero-order chi connectivity index (χ0) is 14.7. The molecule has 1 aliphatic rings. The Kier molecular flexibility index (Phi) is 4.22. The number of esters is 2. The van der Waals surface area contributed by atoms with E-state index in [2.05, 4.69) is 4.98 Å². The number of aromatic amines is 1. The van der Waals surface area contributed by atoms with E-state index in [0.29, 0.717) is 24.8 Å². The highest BCUT2D eigenvalue weighted by molar-refractivity contribution is 6.10. The minimum absolute atomic E-state index is 0.0644. The number of carbonyl (C=O) groups is 3. The largest absolute Gasteiger partial charge is 0.461 e. The van der Waals surface area contributed by atoms with E-state index in [0.717, 1.165) is 0 Å². The monoisotopic (exact) mass is 279 g/mol. The SMILES string of the molecule is CCOC(=O)c1[nH]c(C(=O)OCC)c2c1CCCC2=O. The van der Waals surface area contributed by atoms with E-state index in [4.69, 9.17) is 9.47 Å². The second-order valence-corrected chi connectivity index (χ2v) is 4.45. The summed E-state index contributed by atoms with van der Waals surface area (Å²) in [6.45, 7) is 3.82. The van der Waals surface area contributed by atoms with Gasteiger partial charge in [0.25, 0.3) is 0 Å². The highest BCUT2D eigenvalue weighted by Gasteiger charge is 2.32. The normalized spacial score (nSPS) is 13.8. The van der Waals surface area contributed by atoms with Gasteiger partial charge in [-0.05, 0) is 32.3 Å². The summed E-state index contributed by atoms with van der Waals surface area (Å²) < 4.78 is 9.87. The van der Waals surface area contributed by atoms with Gasteiger partial charge in [0, 0.05) is 6.42 Å². The van der Waals surface area contributed by atoms with E-state index in [1.165, 1.54) is 0 Å². The number of H-pyrrole nitrogens is 1. The molecular weight excluding hydrogens is 262 g/mol. The zero-order valence-corrected chi connectivity index (χ0v) is 11.6. The molecule has 20 heavy (non-hydrogen) atoms. The van der Waals surface area contributed by atoms with Crippen LogP contribution in [-0.2, 0) is 15.9 Å². The number of fused-ring (bicyclic) bond motifs is 1. The van der Waals surface area contributed by atoms with Crippen molar-refractivity contribution in [2.24, 2.45) is 0 Å². The highest BCUT2D eigenvalue weighted by Crippen LogP contribution is 2.28. The number of hydrogen-bond acceptors (Lipinski definition) is 5. The van der Waals surface area contributed by atoms with Gasteiger partial charge >= 0.3 is 11.9 Å². The van der Waals surface area contributed by atoms with E-state index in [1.54, 1.807) is 13.8 Å². The number of ketones is 1.